The molecule has 2 N–H and O–H groups in total. The molecule has 0 saturated heterocycles. The lowest BCUT2D eigenvalue weighted by atomic mass is 10.1. The molecular weight excluding hydrogens is 317 g/mol. The first-order chi connectivity index (χ1) is 9.45. The molecule has 0 unspecified atom stereocenters. The summed E-state index contributed by atoms with van der Waals surface area (Å²) in [5.41, 5.74) is 8.00. The SMILES string of the molecule is CCOC(=O)c1sc(-c2cc(Cl)ccc2Cl)c(C)c1N. The van der Waals surface area contributed by atoms with Gasteiger partial charge in [-0.25, -0.2) is 4.79 Å². The molecule has 1 aromatic carbocycles. The maximum Gasteiger partial charge on any atom is 0.350 e. The minimum Gasteiger partial charge on any atom is -0.462 e. The summed E-state index contributed by atoms with van der Waals surface area (Å²) in [6.45, 7) is 3.91. The fourth-order valence-electron chi connectivity index (χ4n) is 1.80. The number of halogens is 2. The quantitative estimate of drug-likeness (QED) is 0.823. The zero-order chi connectivity index (χ0) is 14.9. The summed E-state index contributed by atoms with van der Waals surface area (Å²) in [6.07, 6.45) is 0. The average Bonchev–Trinajstić information content (AvgIpc) is 2.70. The zero-order valence-electron chi connectivity index (χ0n) is 11.0. The number of nitrogen functional groups attached to an aromatic ring is 1. The molecule has 0 bridgehead atoms. The van der Waals surface area contributed by atoms with E-state index in [2.05, 4.69) is 0 Å². The van der Waals surface area contributed by atoms with Crippen molar-refractivity contribution in [1.29, 1.82) is 0 Å². The van der Waals surface area contributed by atoms with Crippen molar-refractivity contribution in [3.05, 3.63) is 38.7 Å². The molecule has 1 heterocycles. The number of ether oxygens (including phenoxy) is 1. The fourth-order valence-corrected chi connectivity index (χ4v) is 3.39. The Morgan fingerprint density at radius 2 is 2.10 bits per heavy atom. The van der Waals surface area contributed by atoms with Crippen molar-refractivity contribution in [2.45, 2.75) is 13.8 Å². The lowest BCUT2D eigenvalue weighted by Crippen LogP contribution is -2.05. The van der Waals surface area contributed by atoms with Crippen molar-refractivity contribution in [2.24, 2.45) is 0 Å². The van der Waals surface area contributed by atoms with Gasteiger partial charge in [0.2, 0.25) is 0 Å². The van der Waals surface area contributed by atoms with Crippen LogP contribution in [0.1, 0.15) is 22.2 Å². The van der Waals surface area contributed by atoms with E-state index in [1.165, 1.54) is 11.3 Å². The van der Waals surface area contributed by atoms with Crippen molar-refractivity contribution in [1.82, 2.24) is 0 Å². The van der Waals surface area contributed by atoms with E-state index in [0.717, 1.165) is 16.0 Å². The third kappa shape index (κ3) is 2.77. The van der Waals surface area contributed by atoms with Crippen molar-refractivity contribution < 1.29 is 9.53 Å². The van der Waals surface area contributed by atoms with Gasteiger partial charge in [0.15, 0.2) is 0 Å². The van der Waals surface area contributed by atoms with Crippen LogP contribution in [-0.4, -0.2) is 12.6 Å². The van der Waals surface area contributed by atoms with Gasteiger partial charge < -0.3 is 10.5 Å². The second kappa shape index (κ2) is 6.04. The lowest BCUT2D eigenvalue weighted by molar-refractivity contribution is 0.0533. The number of carbonyl (C=O) groups is 1. The van der Waals surface area contributed by atoms with Crippen molar-refractivity contribution in [3.8, 4) is 10.4 Å². The molecule has 0 aliphatic rings. The predicted molar refractivity (Wildman–Crippen MR) is 84.9 cm³/mol. The normalized spacial score (nSPS) is 10.6. The molecule has 0 radical (unpaired) electrons. The Balaban J connectivity index is 2.56. The summed E-state index contributed by atoms with van der Waals surface area (Å²) in [5, 5.41) is 1.14. The number of anilines is 1. The summed E-state index contributed by atoms with van der Waals surface area (Å²) in [4.78, 5) is 13.1. The van der Waals surface area contributed by atoms with Crippen LogP contribution in [0.5, 0.6) is 0 Å². The number of hydrogen-bond acceptors (Lipinski definition) is 4. The first-order valence-corrected chi connectivity index (χ1v) is 7.54. The summed E-state index contributed by atoms with van der Waals surface area (Å²) >= 11 is 13.5. The second-order valence-electron chi connectivity index (χ2n) is 4.14. The molecule has 1 aromatic heterocycles. The minimum absolute atomic E-state index is 0.308. The molecule has 0 amide bonds. The van der Waals surface area contributed by atoms with Gasteiger partial charge in [0.05, 0.1) is 12.3 Å². The van der Waals surface area contributed by atoms with Crippen molar-refractivity contribution in [3.63, 3.8) is 0 Å². The van der Waals surface area contributed by atoms with Crippen LogP contribution < -0.4 is 5.73 Å². The number of carbonyl (C=O) groups excluding carboxylic acids is 1. The topological polar surface area (TPSA) is 52.3 Å². The molecule has 2 aromatic rings. The van der Waals surface area contributed by atoms with Gasteiger partial charge in [0, 0.05) is 20.5 Å². The molecule has 0 atom stereocenters. The van der Waals surface area contributed by atoms with E-state index in [0.29, 0.717) is 27.2 Å². The molecular formula is C14H13Cl2NO2S. The number of esters is 1. The molecule has 6 heteroatoms. The Morgan fingerprint density at radius 3 is 2.75 bits per heavy atom. The Bertz CT molecular complexity index is 667. The van der Waals surface area contributed by atoms with Crippen molar-refractivity contribution in [2.75, 3.05) is 12.3 Å². The lowest BCUT2D eigenvalue weighted by Gasteiger charge is -2.04. The van der Waals surface area contributed by atoms with Gasteiger partial charge in [-0.15, -0.1) is 11.3 Å². The second-order valence-corrected chi connectivity index (χ2v) is 6.01. The van der Waals surface area contributed by atoms with Crippen LogP contribution in [0, 0.1) is 6.92 Å². The van der Waals surface area contributed by atoms with Gasteiger partial charge in [0.1, 0.15) is 4.88 Å². The molecule has 20 heavy (non-hydrogen) atoms. The zero-order valence-corrected chi connectivity index (χ0v) is 13.3. The third-order valence-electron chi connectivity index (χ3n) is 2.83. The van der Waals surface area contributed by atoms with Crippen LogP contribution in [0.25, 0.3) is 10.4 Å². The average molecular weight is 330 g/mol. The van der Waals surface area contributed by atoms with Gasteiger partial charge in [-0.3, -0.25) is 0 Å². The molecule has 2 rings (SSSR count). The number of rotatable bonds is 3. The fraction of sp³-hybridized carbons (Fsp3) is 0.214. The number of nitrogens with two attached hydrogens (primary N) is 1. The maximum absolute atomic E-state index is 11.9. The van der Waals surface area contributed by atoms with Gasteiger partial charge in [0.25, 0.3) is 0 Å². The maximum atomic E-state index is 11.9. The highest BCUT2D eigenvalue weighted by molar-refractivity contribution is 7.18. The molecule has 0 aliphatic heterocycles. The standard InChI is InChI=1S/C14H13Cl2NO2S/c1-3-19-14(18)13-11(17)7(2)12(20-13)9-6-8(15)4-5-10(9)16/h4-6H,3,17H2,1-2H3. The van der Waals surface area contributed by atoms with Gasteiger partial charge in [-0.1, -0.05) is 23.2 Å². The first kappa shape index (κ1) is 15.2. The molecule has 0 saturated carbocycles. The van der Waals surface area contributed by atoms with Crippen LogP contribution in [0.3, 0.4) is 0 Å². The smallest absolute Gasteiger partial charge is 0.350 e. The van der Waals surface area contributed by atoms with Crippen LogP contribution in [-0.2, 0) is 4.74 Å². The highest BCUT2D eigenvalue weighted by Crippen LogP contribution is 2.42. The molecule has 0 aliphatic carbocycles. The summed E-state index contributed by atoms with van der Waals surface area (Å²) < 4.78 is 5.00. The van der Waals surface area contributed by atoms with Crippen LogP contribution >= 0.6 is 34.5 Å². The molecule has 0 spiro atoms. The predicted octanol–water partition coefficient (Wildman–Crippen LogP) is 4.79. The van der Waals surface area contributed by atoms with E-state index in [-0.39, 0.29) is 0 Å². The molecule has 3 nitrogen and oxygen atoms in total. The van der Waals surface area contributed by atoms with E-state index in [4.69, 9.17) is 33.7 Å². The third-order valence-corrected chi connectivity index (χ3v) is 4.71. The van der Waals surface area contributed by atoms with Crippen LogP contribution in [0.2, 0.25) is 10.0 Å². The molecule has 0 fully saturated rings. The Morgan fingerprint density at radius 1 is 1.40 bits per heavy atom. The van der Waals surface area contributed by atoms with Crippen molar-refractivity contribution >= 4 is 46.2 Å². The minimum atomic E-state index is -0.414. The van der Waals surface area contributed by atoms with Crippen LogP contribution in [0.15, 0.2) is 18.2 Å². The number of benzene rings is 1. The molecule has 106 valence electrons. The summed E-state index contributed by atoms with van der Waals surface area (Å²) in [7, 11) is 0. The van der Waals surface area contributed by atoms with E-state index in [9.17, 15) is 4.79 Å². The summed E-state index contributed by atoms with van der Waals surface area (Å²) in [6, 6.07) is 5.20. The highest BCUT2D eigenvalue weighted by atomic mass is 35.5. The highest BCUT2D eigenvalue weighted by Gasteiger charge is 2.21. The Labute approximate surface area is 131 Å². The Kier molecular flexibility index (Phi) is 4.58. The van der Waals surface area contributed by atoms with Crippen LogP contribution in [0.4, 0.5) is 5.69 Å². The number of hydrogen-bond donors (Lipinski definition) is 1. The van der Waals surface area contributed by atoms with Gasteiger partial charge in [-0.2, -0.15) is 0 Å². The first-order valence-electron chi connectivity index (χ1n) is 5.97. The Hall–Kier alpha value is -1.23. The largest absolute Gasteiger partial charge is 0.462 e. The van der Waals surface area contributed by atoms with E-state index >= 15 is 0 Å². The van der Waals surface area contributed by atoms with E-state index < -0.39 is 5.97 Å². The monoisotopic (exact) mass is 329 g/mol. The van der Waals surface area contributed by atoms with Gasteiger partial charge in [-0.05, 0) is 37.6 Å². The number of thiophene rings is 1. The van der Waals surface area contributed by atoms with E-state index in [1.807, 2.05) is 6.92 Å². The summed E-state index contributed by atoms with van der Waals surface area (Å²) in [5.74, 6) is -0.414. The van der Waals surface area contributed by atoms with E-state index in [1.54, 1.807) is 25.1 Å². The van der Waals surface area contributed by atoms with Gasteiger partial charge >= 0.3 is 5.97 Å².